The second kappa shape index (κ2) is 9.78. The van der Waals surface area contributed by atoms with Crippen molar-refractivity contribution in [3.8, 4) is 11.5 Å². The van der Waals surface area contributed by atoms with Gasteiger partial charge in [0.1, 0.15) is 11.5 Å². The van der Waals surface area contributed by atoms with Crippen LogP contribution in [0.4, 0.5) is 26.3 Å². The third-order valence-corrected chi connectivity index (χ3v) is 8.91. The maximum Gasteiger partial charge on any atom is 0.534 e. The van der Waals surface area contributed by atoms with Crippen molar-refractivity contribution in [2.45, 2.75) is 34.7 Å². The summed E-state index contributed by atoms with van der Waals surface area (Å²) in [6.07, 6.45) is 0. The molecule has 0 heterocycles. The summed E-state index contributed by atoms with van der Waals surface area (Å²) >= 11 is 1.27. The molecule has 6 nitrogen and oxygen atoms in total. The number of hydrogen-bond acceptors (Lipinski definition) is 7. The van der Waals surface area contributed by atoms with E-state index >= 15 is 0 Å². The molecule has 208 valence electrons. The summed E-state index contributed by atoms with van der Waals surface area (Å²) in [5, 5.41) is 1.93. The van der Waals surface area contributed by atoms with Crippen LogP contribution in [-0.2, 0) is 20.2 Å². The summed E-state index contributed by atoms with van der Waals surface area (Å²) in [6.45, 7) is 3.57. The van der Waals surface area contributed by atoms with E-state index in [2.05, 4.69) is 8.37 Å². The molecule has 0 N–H and O–H groups in total. The molecule has 0 aliphatic rings. The smallest absolute Gasteiger partial charge is 0.376 e. The van der Waals surface area contributed by atoms with E-state index in [1.54, 1.807) is 38.1 Å². The minimum Gasteiger partial charge on any atom is -0.376 e. The SMILES string of the molecule is Cc1ccc2cc(OS(=O)(=O)C(F)(F)F)ccc2c1Sc1c(C)ccc2cc(OS(=O)(=O)C(F)(F)F)ccc12. The Morgan fingerprint density at radius 2 is 0.949 bits per heavy atom. The highest BCUT2D eigenvalue weighted by atomic mass is 32.2. The fourth-order valence-electron chi connectivity index (χ4n) is 3.60. The van der Waals surface area contributed by atoms with Crippen molar-refractivity contribution in [1.82, 2.24) is 0 Å². The van der Waals surface area contributed by atoms with Crippen LogP contribution < -0.4 is 8.37 Å². The van der Waals surface area contributed by atoms with E-state index in [4.69, 9.17) is 0 Å². The van der Waals surface area contributed by atoms with Crippen molar-refractivity contribution in [1.29, 1.82) is 0 Å². The van der Waals surface area contributed by atoms with Crippen LogP contribution in [0, 0.1) is 13.8 Å². The number of aryl methyl sites for hydroxylation is 2. The summed E-state index contributed by atoms with van der Waals surface area (Å²) < 4.78 is 130. The van der Waals surface area contributed by atoms with E-state index in [0.29, 0.717) is 31.3 Å². The van der Waals surface area contributed by atoms with Crippen molar-refractivity contribution in [3.63, 3.8) is 0 Å². The van der Waals surface area contributed by atoms with Gasteiger partial charge in [-0.25, -0.2) is 0 Å². The average molecular weight is 611 g/mol. The summed E-state index contributed by atoms with van der Waals surface area (Å²) in [5.74, 6) is -1.05. The van der Waals surface area contributed by atoms with Gasteiger partial charge in [0.15, 0.2) is 0 Å². The molecule has 0 unspecified atom stereocenters. The fourth-order valence-corrected chi connectivity index (χ4v) is 5.76. The van der Waals surface area contributed by atoms with Gasteiger partial charge in [-0.2, -0.15) is 43.2 Å². The molecule has 0 aromatic heterocycles. The van der Waals surface area contributed by atoms with Crippen LogP contribution in [0.5, 0.6) is 11.5 Å². The van der Waals surface area contributed by atoms with Gasteiger partial charge in [-0.3, -0.25) is 0 Å². The Morgan fingerprint density at radius 3 is 1.28 bits per heavy atom. The Balaban J connectivity index is 1.75. The van der Waals surface area contributed by atoms with Crippen LogP contribution in [0.2, 0.25) is 0 Å². The van der Waals surface area contributed by atoms with Crippen LogP contribution in [-0.4, -0.2) is 27.9 Å². The molecule has 0 amide bonds. The summed E-state index contributed by atoms with van der Waals surface area (Å²) in [5.41, 5.74) is -9.64. The molecule has 4 rings (SSSR count). The van der Waals surface area contributed by atoms with Crippen LogP contribution in [0.25, 0.3) is 21.5 Å². The van der Waals surface area contributed by atoms with E-state index in [1.807, 2.05) is 0 Å². The first-order chi connectivity index (χ1) is 17.9. The molecule has 0 atom stereocenters. The number of rotatable bonds is 6. The lowest BCUT2D eigenvalue weighted by molar-refractivity contribution is -0.0504. The molecule has 15 heteroatoms. The molecule has 0 spiro atoms. The molecule has 4 aromatic rings. The number of benzene rings is 4. The fraction of sp³-hybridized carbons (Fsp3) is 0.167. The Morgan fingerprint density at radius 1 is 0.590 bits per heavy atom. The first-order valence-corrected chi connectivity index (χ1v) is 14.3. The summed E-state index contributed by atoms with van der Waals surface area (Å²) in [7, 11) is -11.7. The van der Waals surface area contributed by atoms with Crippen LogP contribution in [0.1, 0.15) is 11.1 Å². The lowest BCUT2D eigenvalue weighted by Gasteiger charge is -2.16. The Bertz CT molecular complexity index is 1680. The maximum atomic E-state index is 12.7. The molecule has 0 fully saturated rings. The van der Waals surface area contributed by atoms with Gasteiger partial charge in [-0.1, -0.05) is 36.0 Å². The quantitative estimate of drug-likeness (QED) is 0.129. The highest BCUT2D eigenvalue weighted by molar-refractivity contribution is 8.00. The third-order valence-electron chi connectivity index (χ3n) is 5.46. The molecular formula is C24H16F6O6S3. The lowest BCUT2D eigenvalue weighted by Crippen LogP contribution is -2.28. The molecule has 0 saturated carbocycles. The first-order valence-electron chi connectivity index (χ1n) is 10.7. The number of alkyl halides is 6. The number of halogens is 6. The van der Waals surface area contributed by atoms with Gasteiger partial charge in [-0.05, 0) is 82.9 Å². The standard InChI is InChI=1S/C24H16F6O6S3/c1-13-3-5-15-11-17(35-38(31,32)23(25,26)27)7-9-19(15)21(13)37-22-14(2)4-6-16-12-18(8-10-20(16)22)36-39(33,34)24(28,29)30/h3-12H,1-2H3. The molecule has 0 bridgehead atoms. The van der Waals surface area contributed by atoms with Crippen molar-refractivity contribution in [2.75, 3.05) is 0 Å². The molecule has 0 radical (unpaired) electrons. The normalized spacial score (nSPS) is 13.1. The van der Waals surface area contributed by atoms with Gasteiger partial charge in [0, 0.05) is 9.79 Å². The highest BCUT2D eigenvalue weighted by Gasteiger charge is 2.49. The zero-order chi connectivity index (χ0) is 29.0. The molecular weight excluding hydrogens is 594 g/mol. The van der Waals surface area contributed by atoms with Gasteiger partial charge in [-0.15, -0.1) is 0 Å². The van der Waals surface area contributed by atoms with Gasteiger partial charge < -0.3 is 8.37 Å². The molecule has 0 saturated heterocycles. The minimum absolute atomic E-state index is 0.393. The van der Waals surface area contributed by atoms with E-state index in [9.17, 15) is 43.2 Å². The van der Waals surface area contributed by atoms with Gasteiger partial charge >= 0.3 is 31.3 Å². The summed E-state index contributed by atoms with van der Waals surface area (Å²) in [4.78, 5) is 1.35. The van der Waals surface area contributed by atoms with Crippen LogP contribution >= 0.6 is 11.8 Å². The molecule has 39 heavy (non-hydrogen) atoms. The van der Waals surface area contributed by atoms with Crippen molar-refractivity contribution in [2.24, 2.45) is 0 Å². The van der Waals surface area contributed by atoms with E-state index in [0.717, 1.165) is 35.4 Å². The van der Waals surface area contributed by atoms with E-state index < -0.39 is 42.8 Å². The Labute approximate surface area is 222 Å². The van der Waals surface area contributed by atoms with Crippen molar-refractivity contribution >= 4 is 53.5 Å². The van der Waals surface area contributed by atoms with E-state index in [1.165, 1.54) is 23.9 Å². The van der Waals surface area contributed by atoms with Crippen molar-refractivity contribution in [3.05, 3.63) is 71.8 Å². The first kappa shape index (κ1) is 28.8. The minimum atomic E-state index is -5.85. The van der Waals surface area contributed by atoms with Crippen molar-refractivity contribution < 1.29 is 51.5 Å². The van der Waals surface area contributed by atoms with Crippen LogP contribution in [0.3, 0.4) is 0 Å². The van der Waals surface area contributed by atoms with Gasteiger partial charge in [0.25, 0.3) is 0 Å². The molecule has 0 aliphatic carbocycles. The Hall–Kier alpha value is -3.17. The summed E-state index contributed by atoms with van der Waals surface area (Å²) in [6, 6.07) is 13.9. The Kier molecular flexibility index (Phi) is 7.23. The molecule has 4 aromatic carbocycles. The number of fused-ring (bicyclic) bond motifs is 2. The predicted octanol–water partition coefficient (Wildman–Crippen LogP) is 7.22. The zero-order valence-electron chi connectivity index (χ0n) is 19.7. The zero-order valence-corrected chi connectivity index (χ0v) is 22.2. The second-order valence-corrected chi connectivity index (χ2v) is 12.4. The topological polar surface area (TPSA) is 86.7 Å². The monoisotopic (exact) mass is 610 g/mol. The highest BCUT2D eigenvalue weighted by Crippen LogP contribution is 2.43. The van der Waals surface area contributed by atoms with Gasteiger partial charge in [0.05, 0.1) is 0 Å². The number of hydrogen-bond donors (Lipinski definition) is 0. The van der Waals surface area contributed by atoms with Gasteiger partial charge in [0.2, 0.25) is 0 Å². The molecule has 0 aliphatic heterocycles. The second-order valence-electron chi connectivity index (χ2n) is 8.26. The van der Waals surface area contributed by atoms with E-state index in [-0.39, 0.29) is 0 Å². The largest absolute Gasteiger partial charge is 0.534 e. The van der Waals surface area contributed by atoms with Crippen LogP contribution in [0.15, 0.2) is 70.5 Å². The average Bonchev–Trinajstić information content (AvgIpc) is 2.80. The predicted molar refractivity (Wildman–Crippen MR) is 133 cm³/mol. The third kappa shape index (κ3) is 5.75. The maximum absolute atomic E-state index is 12.7. The lowest BCUT2D eigenvalue weighted by atomic mass is 10.1.